The normalized spacial score (nSPS) is 18.1. The summed E-state index contributed by atoms with van der Waals surface area (Å²) in [5.74, 6) is -1.14. The molecule has 2 aromatic rings. The van der Waals surface area contributed by atoms with Crippen LogP contribution < -0.4 is 4.74 Å². The Morgan fingerprint density at radius 3 is 2.52 bits per heavy atom. The molecule has 1 aromatic heterocycles. The van der Waals surface area contributed by atoms with Crippen LogP contribution in [-0.4, -0.2) is 27.1 Å². The second-order valence-corrected chi connectivity index (χ2v) is 8.33. The van der Waals surface area contributed by atoms with Crippen LogP contribution in [0.4, 0.5) is 4.39 Å². The Hall–Kier alpha value is -2.44. The van der Waals surface area contributed by atoms with E-state index in [1.807, 2.05) is 6.92 Å². The molecule has 1 aromatic carbocycles. The summed E-state index contributed by atoms with van der Waals surface area (Å²) in [5, 5.41) is 11.0. The molecular formula is C22H23ClFNO4. The summed E-state index contributed by atoms with van der Waals surface area (Å²) >= 11 is 5.73. The van der Waals surface area contributed by atoms with E-state index < -0.39 is 17.0 Å². The number of pyridine rings is 1. The molecule has 0 unspecified atom stereocenters. The lowest BCUT2D eigenvalue weighted by Gasteiger charge is -2.40. The average Bonchev–Trinajstić information content (AvgIpc) is 2.62. The van der Waals surface area contributed by atoms with Crippen LogP contribution in [-0.2, 0) is 16.0 Å². The number of carbonyl (C=O) groups excluding carboxylic acids is 1. The number of aliphatic hydroxyl groups is 1. The summed E-state index contributed by atoms with van der Waals surface area (Å²) in [4.78, 5) is 17.0. The fourth-order valence-corrected chi connectivity index (χ4v) is 3.59. The number of carbonyl (C=O) groups is 1. The van der Waals surface area contributed by atoms with Crippen LogP contribution in [0, 0.1) is 5.82 Å². The van der Waals surface area contributed by atoms with Crippen molar-refractivity contribution in [3.63, 3.8) is 0 Å². The molecular weight excluding hydrogens is 397 g/mol. The van der Waals surface area contributed by atoms with Crippen molar-refractivity contribution in [2.45, 2.75) is 52.2 Å². The van der Waals surface area contributed by atoms with Crippen molar-refractivity contribution in [2.24, 2.45) is 0 Å². The Labute approximate surface area is 174 Å². The van der Waals surface area contributed by atoms with Gasteiger partial charge in [-0.2, -0.15) is 0 Å². The molecule has 0 atom stereocenters. The molecule has 0 fully saturated rings. The largest absolute Gasteiger partial charge is 0.508 e. The van der Waals surface area contributed by atoms with Crippen molar-refractivity contribution < 1.29 is 23.8 Å². The van der Waals surface area contributed by atoms with E-state index in [4.69, 9.17) is 21.1 Å². The first-order valence-electron chi connectivity index (χ1n) is 9.27. The summed E-state index contributed by atoms with van der Waals surface area (Å²) in [6.45, 7) is 8.69. The van der Waals surface area contributed by atoms with Crippen LogP contribution in [0.3, 0.4) is 0 Å². The minimum absolute atomic E-state index is 0.149. The van der Waals surface area contributed by atoms with Gasteiger partial charge in [-0.3, -0.25) is 4.79 Å². The van der Waals surface area contributed by atoms with Gasteiger partial charge in [-0.25, -0.2) is 9.37 Å². The van der Waals surface area contributed by atoms with Gasteiger partial charge in [0.25, 0.3) is 5.88 Å². The molecule has 1 aliphatic heterocycles. The molecule has 2 heterocycles. The van der Waals surface area contributed by atoms with E-state index >= 15 is 0 Å². The SMILES string of the molecule is CCc1ccc(Oc2ncc(Cl)cc2F)cc1C1=C(O)C(C)(C)OC(C)(C)C1=O. The van der Waals surface area contributed by atoms with Crippen molar-refractivity contribution in [2.75, 3.05) is 0 Å². The smallest absolute Gasteiger partial charge is 0.255 e. The third-order valence-electron chi connectivity index (χ3n) is 4.81. The molecule has 0 amide bonds. The lowest BCUT2D eigenvalue weighted by atomic mass is 9.81. The van der Waals surface area contributed by atoms with Gasteiger partial charge in [-0.15, -0.1) is 0 Å². The van der Waals surface area contributed by atoms with E-state index in [9.17, 15) is 14.3 Å². The molecule has 0 saturated heterocycles. The summed E-state index contributed by atoms with van der Waals surface area (Å²) in [6, 6.07) is 6.15. The summed E-state index contributed by atoms with van der Waals surface area (Å²) in [5.41, 5.74) is -0.621. The zero-order valence-corrected chi connectivity index (χ0v) is 17.7. The van der Waals surface area contributed by atoms with E-state index in [-0.39, 0.29) is 33.8 Å². The van der Waals surface area contributed by atoms with Gasteiger partial charge < -0.3 is 14.6 Å². The van der Waals surface area contributed by atoms with Gasteiger partial charge in [0.1, 0.15) is 22.7 Å². The second-order valence-electron chi connectivity index (χ2n) is 7.89. The van der Waals surface area contributed by atoms with E-state index in [0.717, 1.165) is 11.6 Å². The third-order valence-corrected chi connectivity index (χ3v) is 5.02. The maximum atomic E-state index is 14.1. The van der Waals surface area contributed by atoms with Gasteiger partial charge in [-0.05, 0) is 63.4 Å². The predicted octanol–water partition coefficient (Wildman–Crippen LogP) is 5.65. The Bertz CT molecular complexity index is 1010. The van der Waals surface area contributed by atoms with E-state index in [1.54, 1.807) is 45.9 Å². The Kier molecular flexibility index (Phi) is 5.45. The van der Waals surface area contributed by atoms with Gasteiger partial charge >= 0.3 is 0 Å². The maximum absolute atomic E-state index is 14.1. The number of ketones is 1. The highest BCUT2D eigenvalue weighted by Crippen LogP contribution is 2.42. The van der Waals surface area contributed by atoms with Gasteiger partial charge in [0, 0.05) is 6.20 Å². The lowest BCUT2D eigenvalue weighted by Crippen LogP contribution is -2.49. The molecule has 0 aliphatic carbocycles. The lowest BCUT2D eigenvalue weighted by molar-refractivity contribution is -0.158. The first-order chi connectivity index (χ1) is 13.5. The molecule has 1 N–H and O–H groups in total. The highest BCUT2D eigenvalue weighted by molar-refractivity contribution is 6.30. The standard InChI is InChI=1S/C22H23ClFNO4/c1-6-12-7-8-14(28-20-16(24)9-13(23)11-25-20)10-15(12)17-18(26)21(2,3)29-22(4,5)19(17)27/h7-11,26H,6H2,1-5H3. The van der Waals surface area contributed by atoms with Crippen molar-refractivity contribution in [3.8, 4) is 11.6 Å². The number of hydrogen-bond donors (Lipinski definition) is 1. The van der Waals surface area contributed by atoms with Gasteiger partial charge in [-0.1, -0.05) is 24.6 Å². The molecule has 5 nitrogen and oxygen atoms in total. The number of benzene rings is 1. The highest BCUT2D eigenvalue weighted by atomic mass is 35.5. The van der Waals surface area contributed by atoms with Crippen LogP contribution in [0.2, 0.25) is 5.02 Å². The van der Waals surface area contributed by atoms with E-state index in [2.05, 4.69) is 4.98 Å². The van der Waals surface area contributed by atoms with Crippen molar-refractivity contribution in [1.82, 2.24) is 4.98 Å². The number of aryl methyl sites for hydroxylation is 1. The number of aliphatic hydroxyl groups excluding tert-OH is 1. The second kappa shape index (κ2) is 7.43. The van der Waals surface area contributed by atoms with Crippen LogP contribution in [0.25, 0.3) is 5.57 Å². The zero-order chi connectivity index (χ0) is 21.6. The molecule has 7 heteroatoms. The Balaban J connectivity index is 2.13. The molecule has 3 rings (SSSR count). The van der Waals surface area contributed by atoms with Crippen LogP contribution in [0.15, 0.2) is 36.2 Å². The average molecular weight is 420 g/mol. The number of ether oxygens (including phenoxy) is 2. The summed E-state index contributed by atoms with van der Waals surface area (Å²) < 4.78 is 25.5. The summed E-state index contributed by atoms with van der Waals surface area (Å²) in [7, 11) is 0. The van der Waals surface area contributed by atoms with Gasteiger partial charge in [0.2, 0.25) is 0 Å². The molecule has 0 bridgehead atoms. The quantitative estimate of drug-likeness (QED) is 0.693. The predicted molar refractivity (Wildman–Crippen MR) is 109 cm³/mol. The highest BCUT2D eigenvalue weighted by Gasteiger charge is 2.47. The molecule has 0 radical (unpaired) electrons. The Morgan fingerprint density at radius 2 is 1.90 bits per heavy atom. The molecule has 0 spiro atoms. The number of Topliss-reactive ketones (excluding diaryl/α,β-unsaturated/α-hetero) is 1. The number of halogens is 2. The number of rotatable bonds is 4. The third kappa shape index (κ3) is 4.00. The molecule has 1 aliphatic rings. The van der Waals surface area contributed by atoms with Crippen molar-refractivity contribution >= 4 is 23.0 Å². The van der Waals surface area contributed by atoms with Crippen molar-refractivity contribution in [1.29, 1.82) is 0 Å². The van der Waals surface area contributed by atoms with Crippen LogP contribution in [0.1, 0.15) is 45.7 Å². The van der Waals surface area contributed by atoms with Crippen LogP contribution in [0.5, 0.6) is 11.6 Å². The molecule has 154 valence electrons. The fourth-order valence-electron chi connectivity index (χ4n) is 3.44. The monoisotopic (exact) mass is 419 g/mol. The minimum atomic E-state index is -1.11. The molecule has 0 saturated carbocycles. The number of hydrogen-bond acceptors (Lipinski definition) is 5. The first kappa shape index (κ1) is 21.3. The summed E-state index contributed by atoms with van der Waals surface area (Å²) in [6.07, 6.45) is 1.90. The van der Waals surface area contributed by atoms with E-state index in [1.165, 1.54) is 6.20 Å². The van der Waals surface area contributed by atoms with Crippen LogP contribution >= 0.6 is 11.6 Å². The van der Waals surface area contributed by atoms with Crippen molar-refractivity contribution in [3.05, 3.63) is 58.2 Å². The van der Waals surface area contributed by atoms with Gasteiger partial charge in [0.15, 0.2) is 11.6 Å². The Morgan fingerprint density at radius 1 is 1.21 bits per heavy atom. The van der Waals surface area contributed by atoms with Gasteiger partial charge in [0.05, 0.1) is 10.6 Å². The fraction of sp³-hybridized carbons (Fsp3) is 0.364. The molecule has 29 heavy (non-hydrogen) atoms. The number of nitrogens with zero attached hydrogens (tertiary/aromatic N) is 1. The topological polar surface area (TPSA) is 68.7 Å². The zero-order valence-electron chi connectivity index (χ0n) is 17.0. The first-order valence-corrected chi connectivity index (χ1v) is 9.65. The number of aromatic nitrogens is 1. The van der Waals surface area contributed by atoms with E-state index in [0.29, 0.717) is 12.0 Å². The minimum Gasteiger partial charge on any atom is -0.508 e. The maximum Gasteiger partial charge on any atom is 0.255 e.